The van der Waals surface area contributed by atoms with Gasteiger partial charge in [0.1, 0.15) is 29.4 Å². The normalized spacial score (nSPS) is 21.2. The minimum Gasteiger partial charge on any atom is -0.508 e. The van der Waals surface area contributed by atoms with Crippen LogP contribution in [0.25, 0.3) is 0 Å². The Labute approximate surface area is 313 Å². The number of methoxy groups -OCH3 is 1. The van der Waals surface area contributed by atoms with E-state index < -0.39 is 59.6 Å². The first kappa shape index (κ1) is 42.8. The first-order valence-electron chi connectivity index (χ1n) is 18.1. The van der Waals surface area contributed by atoms with Crippen LogP contribution in [0, 0.1) is 17.8 Å². The molecule has 0 bridgehead atoms. The quantitative estimate of drug-likeness (QED) is 0.240. The lowest BCUT2D eigenvalue weighted by molar-refractivity contribution is -0.167. The molecule has 0 aromatic heterocycles. The van der Waals surface area contributed by atoms with Gasteiger partial charge in [-0.05, 0) is 75.7 Å². The molecule has 2 N–H and O–H groups in total. The number of nitrogens with zero attached hydrogens (tertiary/aromatic N) is 4. The lowest BCUT2D eigenvalue weighted by Crippen LogP contribution is -2.56. The molecule has 2 heterocycles. The molecule has 290 valence electrons. The number of phenols is 1. The van der Waals surface area contributed by atoms with E-state index in [4.69, 9.17) is 14.5 Å². The Morgan fingerprint density at radius 1 is 1.04 bits per heavy atom. The SMILES string of the molecule is COC(=O)[C@@H]1CCCN1C(=O)[C@@H](Cc1ccc(O)cc1)NC(=O)[C@]1(C)CSC([C@H](C(C)C)N(C)C(=O)[C@@H](OC(=O)[C@H](CC(C)C)N(C)C)C(C)C)=N1. The van der Waals surface area contributed by atoms with E-state index in [-0.39, 0.29) is 41.6 Å². The lowest BCUT2D eigenvalue weighted by Gasteiger charge is -2.35. The number of phenolic OH excluding ortho intramolecular Hbond substituents is 1. The molecular weight excluding hydrogens is 687 g/mol. The first-order valence-corrected chi connectivity index (χ1v) is 19.1. The summed E-state index contributed by atoms with van der Waals surface area (Å²) < 4.78 is 10.9. The van der Waals surface area contributed by atoms with E-state index in [9.17, 15) is 29.1 Å². The monoisotopic (exact) mass is 745 g/mol. The van der Waals surface area contributed by atoms with Crippen molar-refractivity contribution in [2.24, 2.45) is 22.7 Å². The number of thioether (sulfide) groups is 1. The van der Waals surface area contributed by atoms with E-state index in [2.05, 4.69) is 5.32 Å². The van der Waals surface area contributed by atoms with Crippen molar-refractivity contribution in [3.63, 3.8) is 0 Å². The molecule has 2 aliphatic rings. The average molecular weight is 746 g/mol. The van der Waals surface area contributed by atoms with Gasteiger partial charge in [-0.3, -0.25) is 29.1 Å². The van der Waals surface area contributed by atoms with Gasteiger partial charge in [-0.1, -0.05) is 53.7 Å². The van der Waals surface area contributed by atoms with Crippen LogP contribution in [0.15, 0.2) is 29.3 Å². The van der Waals surface area contributed by atoms with Crippen LogP contribution < -0.4 is 5.32 Å². The zero-order valence-corrected chi connectivity index (χ0v) is 33.5. The number of amides is 3. The van der Waals surface area contributed by atoms with Crippen molar-refractivity contribution in [2.45, 2.75) is 110 Å². The number of hydrogen-bond donors (Lipinski definition) is 2. The third-order valence-electron chi connectivity index (χ3n) is 9.67. The summed E-state index contributed by atoms with van der Waals surface area (Å²) in [6.45, 7) is 13.7. The fourth-order valence-electron chi connectivity index (χ4n) is 6.66. The van der Waals surface area contributed by atoms with Crippen molar-refractivity contribution in [1.82, 2.24) is 20.0 Å². The van der Waals surface area contributed by atoms with E-state index in [1.807, 2.05) is 60.5 Å². The number of aromatic hydroxyl groups is 1. The van der Waals surface area contributed by atoms with Crippen LogP contribution in [0.3, 0.4) is 0 Å². The summed E-state index contributed by atoms with van der Waals surface area (Å²) in [5.41, 5.74) is -0.557. The predicted molar refractivity (Wildman–Crippen MR) is 202 cm³/mol. The Morgan fingerprint density at radius 2 is 1.67 bits per heavy atom. The van der Waals surface area contributed by atoms with Gasteiger partial charge in [0.05, 0.1) is 18.2 Å². The highest BCUT2D eigenvalue weighted by molar-refractivity contribution is 8.14. The number of rotatable bonds is 16. The van der Waals surface area contributed by atoms with E-state index in [0.29, 0.717) is 36.4 Å². The standard InChI is InChI=1S/C38H59N5O8S/c1-22(2)19-29(41(8)9)36(48)51-31(24(5)6)34(46)42(10)30(23(3)4)32-40-38(7,21-52-32)37(49)39-27(20-25-14-16-26(44)17-15-25)33(45)43-18-12-13-28(43)35(47)50-11/h14-17,22-24,27-31,44H,12-13,18-21H2,1-11H3,(H,39,49)/t27-,28+,29+,30+,31+,38+/m1/s1. The van der Waals surface area contributed by atoms with Crippen LogP contribution in [0.5, 0.6) is 5.75 Å². The Morgan fingerprint density at radius 3 is 2.21 bits per heavy atom. The summed E-state index contributed by atoms with van der Waals surface area (Å²) in [6.07, 6.45) is 0.799. The van der Waals surface area contributed by atoms with Crippen LogP contribution in [-0.4, -0.2) is 131 Å². The van der Waals surface area contributed by atoms with E-state index in [1.165, 1.54) is 35.9 Å². The fourth-order valence-corrected chi connectivity index (χ4v) is 8.15. The van der Waals surface area contributed by atoms with Crippen molar-refractivity contribution in [2.75, 3.05) is 40.6 Å². The molecule has 14 heteroatoms. The van der Waals surface area contributed by atoms with E-state index in [0.717, 1.165) is 0 Å². The third kappa shape index (κ3) is 10.5. The number of hydrogen-bond acceptors (Lipinski definition) is 11. The number of ether oxygens (including phenoxy) is 2. The number of likely N-dealkylation sites (N-methyl/N-ethyl adjacent to an activating group) is 2. The van der Waals surface area contributed by atoms with Gasteiger partial charge >= 0.3 is 11.9 Å². The molecule has 0 aliphatic carbocycles. The van der Waals surface area contributed by atoms with Gasteiger partial charge in [0.15, 0.2) is 6.10 Å². The number of benzene rings is 1. The lowest BCUT2D eigenvalue weighted by atomic mass is 9.98. The second kappa shape index (κ2) is 18.4. The maximum absolute atomic E-state index is 14.1. The van der Waals surface area contributed by atoms with Crippen molar-refractivity contribution < 1.29 is 38.6 Å². The van der Waals surface area contributed by atoms with Gasteiger partial charge in [0, 0.05) is 25.8 Å². The van der Waals surface area contributed by atoms with Crippen LogP contribution >= 0.6 is 11.8 Å². The molecule has 2 aliphatic heterocycles. The highest BCUT2D eigenvalue weighted by atomic mass is 32.2. The Hall–Kier alpha value is -3.65. The number of carbonyl (C=O) groups is 5. The maximum atomic E-state index is 14.1. The molecule has 3 amide bonds. The summed E-state index contributed by atoms with van der Waals surface area (Å²) in [4.78, 5) is 77.7. The molecule has 1 aromatic rings. The van der Waals surface area contributed by atoms with Gasteiger partial charge in [0.25, 0.3) is 5.91 Å². The van der Waals surface area contributed by atoms with Gasteiger partial charge in [-0.25, -0.2) is 4.79 Å². The molecule has 13 nitrogen and oxygen atoms in total. The minimum absolute atomic E-state index is 0.0724. The summed E-state index contributed by atoms with van der Waals surface area (Å²) >= 11 is 1.38. The molecule has 1 aromatic carbocycles. The van der Waals surface area contributed by atoms with Crippen molar-refractivity contribution in [1.29, 1.82) is 0 Å². The summed E-state index contributed by atoms with van der Waals surface area (Å²) in [7, 11) is 6.60. The second-order valence-corrected chi connectivity index (χ2v) is 16.5. The summed E-state index contributed by atoms with van der Waals surface area (Å²) in [6, 6.07) is 3.63. The van der Waals surface area contributed by atoms with Gasteiger partial charge in [0.2, 0.25) is 11.8 Å². The van der Waals surface area contributed by atoms with Gasteiger partial charge in [-0.2, -0.15) is 0 Å². The maximum Gasteiger partial charge on any atom is 0.328 e. The number of carbonyl (C=O) groups excluding carboxylic acids is 5. The zero-order chi connectivity index (χ0) is 39.1. The third-order valence-corrected chi connectivity index (χ3v) is 11.0. The van der Waals surface area contributed by atoms with E-state index >= 15 is 0 Å². The molecule has 3 rings (SSSR count). The highest BCUT2D eigenvalue weighted by Crippen LogP contribution is 2.34. The molecule has 0 unspecified atom stereocenters. The molecule has 0 saturated carbocycles. The second-order valence-electron chi connectivity index (χ2n) is 15.5. The minimum atomic E-state index is -1.27. The molecular formula is C38H59N5O8S. The molecule has 0 spiro atoms. The van der Waals surface area contributed by atoms with Crippen LogP contribution in [0.2, 0.25) is 0 Å². The molecule has 1 saturated heterocycles. The van der Waals surface area contributed by atoms with E-state index in [1.54, 1.807) is 31.0 Å². The molecule has 0 radical (unpaired) electrons. The fraction of sp³-hybridized carbons (Fsp3) is 0.684. The highest BCUT2D eigenvalue weighted by Gasteiger charge is 2.46. The molecule has 1 fully saturated rings. The summed E-state index contributed by atoms with van der Waals surface area (Å²) in [5, 5.41) is 13.3. The zero-order valence-electron chi connectivity index (χ0n) is 32.7. The van der Waals surface area contributed by atoms with Crippen LogP contribution in [0.4, 0.5) is 0 Å². The number of aliphatic imine (C=N–C) groups is 1. The predicted octanol–water partition coefficient (Wildman–Crippen LogP) is 3.51. The van der Waals surface area contributed by atoms with Crippen LogP contribution in [-0.2, 0) is 39.9 Å². The van der Waals surface area contributed by atoms with Crippen molar-refractivity contribution >= 4 is 46.5 Å². The largest absolute Gasteiger partial charge is 0.508 e. The Kier molecular flexibility index (Phi) is 15.1. The molecule has 52 heavy (non-hydrogen) atoms. The smallest absolute Gasteiger partial charge is 0.328 e. The number of nitrogens with one attached hydrogen (secondary N) is 1. The number of esters is 2. The van der Waals surface area contributed by atoms with Crippen molar-refractivity contribution in [3.05, 3.63) is 29.8 Å². The van der Waals surface area contributed by atoms with Crippen molar-refractivity contribution in [3.8, 4) is 5.75 Å². The summed E-state index contributed by atoms with van der Waals surface area (Å²) in [5.74, 6) is -1.96. The average Bonchev–Trinajstić information content (AvgIpc) is 3.73. The molecule has 6 atom stereocenters. The Balaban J connectivity index is 1.87. The number of likely N-dealkylation sites (tertiary alicyclic amines) is 1. The topological polar surface area (TPSA) is 158 Å². The first-order chi connectivity index (χ1) is 24.3. The van der Waals surface area contributed by atoms with Gasteiger partial charge < -0.3 is 29.7 Å². The Bertz CT molecular complexity index is 1470. The van der Waals surface area contributed by atoms with Gasteiger partial charge in [-0.15, -0.1) is 11.8 Å². The van der Waals surface area contributed by atoms with Crippen LogP contribution in [0.1, 0.15) is 73.3 Å².